The van der Waals surface area contributed by atoms with Crippen molar-refractivity contribution in [2.24, 2.45) is 11.8 Å². The van der Waals surface area contributed by atoms with Crippen LogP contribution in [0.3, 0.4) is 0 Å². The van der Waals surface area contributed by atoms with Crippen molar-refractivity contribution in [1.29, 1.82) is 0 Å². The fraction of sp³-hybridized carbons (Fsp3) is 0.550. The van der Waals surface area contributed by atoms with Crippen LogP contribution in [0.5, 0.6) is 0 Å². The topological polar surface area (TPSA) is 90.5 Å². The summed E-state index contributed by atoms with van der Waals surface area (Å²) in [6.07, 6.45) is 3.28. The van der Waals surface area contributed by atoms with E-state index in [1.54, 1.807) is 0 Å². The molecule has 0 spiro atoms. The molecule has 7 nitrogen and oxygen atoms in total. The number of hydrogen-bond acceptors (Lipinski definition) is 4. The minimum absolute atomic E-state index is 0.0819. The molecule has 0 atom stereocenters. The summed E-state index contributed by atoms with van der Waals surface area (Å²) in [6, 6.07) is 5.96. The minimum atomic E-state index is -0.301. The van der Waals surface area contributed by atoms with E-state index in [0.717, 1.165) is 24.1 Å². The van der Waals surface area contributed by atoms with Crippen molar-refractivity contribution in [2.75, 3.05) is 25.0 Å². The van der Waals surface area contributed by atoms with Crippen LogP contribution in [-0.2, 0) is 14.4 Å². The van der Waals surface area contributed by atoms with Gasteiger partial charge in [-0.25, -0.2) is 0 Å². The second-order valence-electron chi connectivity index (χ2n) is 7.58. The monoisotopic (exact) mass is 372 g/mol. The number of rotatable bonds is 5. The van der Waals surface area contributed by atoms with Crippen molar-refractivity contribution in [1.82, 2.24) is 15.8 Å². The van der Waals surface area contributed by atoms with Crippen molar-refractivity contribution in [3.63, 3.8) is 0 Å². The lowest BCUT2D eigenvalue weighted by Gasteiger charge is -2.31. The van der Waals surface area contributed by atoms with Crippen molar-refractivity contribution < 1.29 is 14.4 Å². The molecule has 0 aromatic heterocycles. The van der Waals surface area contributed by atoms with E-state index < -0.39 is 0 Å². The Hall–Kier alpha value is -2.57. The molecule has 2 aliphatic rings. The van der Waals surface area contributed by atoms with E-state index in [9.17, 15) is 14.4 Å². The average Bonchev–Trinajstić information content (AvgIpc) is 3.50. The third kappa shape index (κ3) is 5.21. The molecule has 2 fully saturated rings. The van der Waals surface area contributed by atoms with E-state index in [1.807, 2.05) is 36.9 Å². The Morgan fingerprint density at radius 2 is 1.70 bits per heavy atom. The predicted octanol–water partition coefficient (Wildman–Crippen LogP) is 1.51. The van der Waals surface area contributed by atoms with Crippen LogP contribution < -0.4 is 16.2 Å². The van der Waals surface area contributed by atoms with Crippen LogP contribution in [0.4, 0.5) is 5.69 Å². The van der Waals surface area contributed by atoms with Crippen LogP contribution in [0.2, 0.25) is 0 Å². The van der Waals surface area contributed by atoms with Gasteiger partial charge in [0.15, 0.2) is 0 Å². The number of aryl methyl sites for hydroxylation is 2. The number of nitrogens with one attached hydrogen (secondary N) is 3. The first-order valence-electron chi connectivity index (χ1n) is 9.62. The highest BCUT2D eigenvalue weighted by Crippen LogP contribution is 2.32. The summed E-state index contributed by atoms with van der Waals surface area (Å²) in [7, 11) is 0. The van der Waals surface area contributed by atoms with Crippen LogP contribution in [0.15, 0.2) is 18.2 Å². The van der Waals surface area contributed by atoms with Crippen molar-refractivity contribution in [2.45, 2.75) is 39.5 Å². The molecule has 0 unspecified atom stereocenters. The number of anilines is 1. The first kappa shape index (κ1) is 19.2. The zero-order chi connectivity index (χ0) is 19.4. The highest BCUT2D eigenvalue weighted by Gasteiger charge is 2.35. The Labute approximate surface area is 159 Å². The van der Waals surface area contributed by atoms with Gasteiger partial charge in [0.05, 0.1) is 6.54 Å². The lowest BCUT2D eigenvalue weighted by atomic mass is 9.96. The molecule has 0 radical (unpaired) electrons. The molecule has 3 N–H and O–H groups in total. The van der Waals surface area contributed by atoms with E-state index in [1.165, 1.54) is 5.56 Å². The van der Waals surface area contributed by atoms with E-state index >= 15 is 0 Å². The molecule has 1 saturated heterocycles. The summed E-state index contributed by atoms with van der Waals surface area (Å²) in [4.78, 5) is 38.1. The normalized spacial score (nSPS) is 17.3. The molecular weight excluding hydrogens is 344 g/mol. The number of nitrogens with zero attached hydrogens (tertiary/aromatic N) is 1. The Balaban J connectivity index is 1.36. The zero-order valence-corrected chi connectivity index (χ0v) is 16.0. The van der Waals surface area contributed by atoms with Gasteiger partial charge in [-0.05, 0) is 51.2 Å². The number of hydrogen-bond donors (Lipinski definition) is 3. The van der Waals surface area contributed by atoms with Crippen LogP contribution in [0.25, 0.3) is 0 Å². The van der Waals surface area contributed by atoms with Gasteiger partial charge in [-0.1, -0.05) is 17.7 Å². The molecule has 7 heteroatoms. The average molecular weight is 372 g/mol. The molecule has 1 heterocycles. The number of likely N-dealkylation sites (tertiary alicyclic amines) is 1. The fourth-order valence-electron chi connectivity index (χ4n) is 3.42. The number of benzene rings is 1. The molecule has 146 valence electrons. The molecule has 0 bridgehead atoms. The zero-order valence-electron chi connectivity index (χ0n) is 16.0. The first-order valence-corrected chi connectivity index (χ1v) is 9.62. The summed E-state index contributed by atoms with van der Waals surface area (Å²) in [5, 5.41) is 3.07. The van der Waals surface area contributed by atoms with Gasteiger partial charge in [0.2, 0.25) is 11.8 Å². The fourth-order valence-corrected chi connectivity index (χ4v) is 3.42. The maximum atomic E-state index is 12.2. The van der Waals surface area contributed by atoms with Gasteiger partial charge >= 0.3 is 0 Å². The van der Waals surface area contributed by atoms with Gasteiger partial charge < -0.3 is 10.2 Å². The maximum absolute atomic E-state index is 12.2. The molecular formula is C20H28N4O3. The number of amides is 3. The first-order chi connectivity index (χ1) is 12.9. The lowest BCUT2D eigenvalue weighted by molar-refractivity contribution is -0.137. The van der Waals surface area contributed by atoms with E-state index in [0.29, 0.717) is 25.9 Å². The Morgan fingerprint density at radius 1 is 1.00 bits per heavy atom. The third-order valence-electron chi connectivity index (χ3n) is 5.25. The summed E-state index contributed by atoms with van der Waals surface area (Å²) in [6.45, 7) is 5.32. The SMILES string of the molecule is Cc1ccc(NCC(=O)NNC(=O)C2CCN(C(=O)C3CC3)CC2)c(C)c1. The molecule has 1 aliphatic carbocycles. The molecule has 3 rings (SSSR count). The second kappa shape index (κ2) is 8.41. The number of carbonyl (C=O) groups is 3. The Morgan fingerprint density at radius 3 is 2.33 bits per heavy atom. The maximum Gasteiger partial charge on any atom is 0.257 e. The minimum Gasteiger partial charge on any atom is -0.376 e. The molecule has 1 aromatic rings. The number of piperidine rings is 1. The smallest absolute Gasteiger partial charge is 0.257 e. The lowest BCUT2D eigenvalue weighted by Crippen LogP contribution is -2.49. The van der Waals surface area contributed by atoms with Crippen LogP contribution in [0, 0.1) is 25.7 Å². The molecule has 1 aromatic carbocycles. The van der Waals surface area contributed by atoms with Crippen molar-refractivity contribution in [3.05, 3.63) is 29.3 Å². The van der Waals surface area contributed by atoms with Gasteiger partial charge in [-0.2, -0.15) is 0 Å². The number of hydrazine groups is 1. The van der Waals surface area contributed by atoms with Gasteiger partial charge in [-0.3, -0.25) is 25.2 Å². The molecule has 1 saturated carbocycles. The van der Waals surface area contributed by atoms with E-state index in [-0.39, 0.29) is 36.1 Å². The Bertz CT molecular complexity index is 722. The quantitative estimate of drug-likeness (QED) is 0.684. The van der Waals surface area contributed by atoms with Gasteiger partial charge in [0, 0.05) is 30.6 Å². The van der Waals surface area contributed by atoms with Crippen LogP contribution >= 0.6 is 0 Å². The van der Waals surface area contributed by atoms with E-state index in [2.05, 4.69) is 16.2 Å². The van der Waals surface area contributed by atoms with Gasteiger partial charge in [0.1, 0.15) is 0 Å². The summed E-state index contributed by atoms with van der Waals surface area (Å²) in [5.41, 5.74) is 8.10. The van der Waals surface area contributed by atoms with Gasteiger partial charge in [-0.15, -0.1) is 0 Å². The molecule has 1 aliphatic heterocycles. The highest BCUT2D eigenvalue weighted by atomic mass is 16.2. The summed E-state index contributed by atoms with van der Waals surface area (Å²) in [5.74, 6) is -0.196. The standard InChI is InChI=1S/C20H28N4O3/c1-13-3-6-17(14(2)11-13)21-12-18(25)22-23-19(26)15-7-9-24(10-8-15)20(27)16-4-5-16/h3,6,11,15-16,21H,4-5,7-10,12H2,1-2H3,(H,22,25)(H,23,26). The van der Waals surface area contributed by atoms with Crippen molar-refractivity contribution >= 4 is 23.4 Å². The highest BCUT2D eigenvalue weighted by molar-refractivity contribution is 5.86. The second-order valence-corrected chi connectivity index (χ2v) is 7.58. The van der Waals surface area contributed by atoms with Crippen LogP contribution in [-0.4, -0.2) is 42.3 Å². The molecule has 3 amide bonds. The van der Waals surface area contributed by atoms with Gasteiger partial charge in [0.25, 0.3) is 5.91 Å². The van der Waals surface area contributed by atoms with Crippen LogP contribution in [0.1, 0.15) is 36.8 Å². The van der Waals surface area contributed by atoms with E-state index in [4.69, 9.17) is 0 Å². The molecule has 27 heavy (non-hydrogen) atoms. The summed E-state index contributed by atoms with van der Waals surface area (Å²) >= 11 is 0. The van der Waals surface area contributed by atoms with Crippen molar-refractivity contribution in [3.8, 4) is 0 Å². The predicted molar refractivity (Wildman–Crippen MR) is 103 cm³/mol. The largest absolute Gasteiger partial charge is 0.376 e. The third-order valence-corrected chi connectivity index (χ3v) is 5.25. The number of carbonyl (C=O) groups excluding carboxylic acids is 3. The summed E-state index contributed by atoms with van der Waals surface area (Å²) < 4.78 is 0. The Kier molecular flexibility index (Phi) is 5.98.